The van der Waals surface area contributed by atoms with E-state index in [4.69, 9.17) is 5.73 Å². The van der Waals surface area contributed by atoms with Gasteiger partial charge in [0.2, 0.25) is 0 Å². The summed E-state index contributed by atoms with van der Waals surface area (Å²) in [6.45, 7) is 3.65. The zero-order chi connectivity index (χ0) is 14.8. The summed E-state index contributed by atoms with van der Waals surface area (Å²) in [7, 11) is 0. The number of nitrogens with two attached hydrogens (primary N) is 1. The highest BCUT2D eigenvalue weighted by molar-refractivity contribution is 5.96. The number of benzene rings is 1. The van der Waals surface area contributed by atoms with E-state index in [0.717, 1.165) is 23.8 Å². The fourth-order valence-corrected chi connectivity index (χ4v) is 3.90. The predicted molar refractivity (Wildman–Crippen MR) is 86.6 cm³/mol. The number of amides is 1. The van der Waals surface area contributed by atoms with Gasteiger partial charge in [-0.05, 0) is 50.3 Å². The SMILES string of the molecule is CCNC(=O)c1ccc(N)c(N2CCC3CCCCC32)c1. The van der Waals surface area contributed by atoms with Gasteiger partial charge in [0, 0.05) is 24.7 Å². The molecule has 1 saturated heterocycles. The molecule has 21 heavy (non-hydrogen) atoms. The van der Waals surface area contributed by atoms with E-state index in [1.54, 1.807) is 0 Å². The molecule has 2 atom stereocenters. The molecule has 1 aliphatic heterocycles. The van der Waals surface area contributed by atoms with Crippen molar-refractivity contribution in [2.75, 3.05) is 23.7 Å². The van der Waals surface area contributed by atoms with Crippen LogP contribution in [0, 0.1) is 5.92 Å². The van der Waals surface area contributed by atoms with Crippen LogP contribution in [-0.2, 0) is 0 Å². The van der Waals surface area contributed by atoms with Crippen molar-refractivity contribution in [3.05, 3.63) is 23.8 Å². The van der Waals surface area contributed by atoms with Gasteiger partial charge in [-0.2, -0.15) is 0 Å². The molecule has 1 amide bonds. The zero-order valence-electron chi connectivity index (χ0n) is 12.8. The predicted octanol–water partition coefficient (Wildman–Crippen LogP) is 2.79. The monoisotopic (exact) mass is 287 g/mol. The Labute approximate surface area is 126 Å². The number of hydrogen-bond acceptors (Lipinski definition) is 3. The molecule has 4 heteroatoms. The zero-order valence-corrected chi connectivity index (χ0v) is 12.8. The van der Waals surface area contributed by atoms with Crippen molar-refractivity contribution >= 4 is 17.3 Å². The van der Waals surface area contributed by atoms with E-state index in [2.05, 4.69) is 10.2 Å². The maximum absolute atomic E-state index is 12.0. The molecule has 1 heterocycles. The molecule has 1 aliphatic carbocycles. The van der Waals surface area contributed by atoms with Crippen molar-refractivity contribution in [3.8, 4) is 0 Å². The Morgan fingerprint density at radius 1 is 1.33 bits per heavy atom. The fraction of sp³-hybridized carbons (Fsp3) is 0.588. The van der Waals surface area contributed by atoms with Gasteiger partial charge in [-0.1, -0.05) is 12.8 Å². The number of hydrogen-bond donors (Lipinski definition) is 2. The molecule has 0 bridgehead atoms. The lowest BCUT2D eigenvalue weighted by Crippen LogP contribution is -2.35. The number of nitrogen functional groups attached to an aromatic ring is 1. The summed E-state index contributed by atoms with van der Waals surface area (Å²) < 4.78 is 0. The Morgan fingerprint density at radius 3 is 2.95 bits per heavy atom. The molecule has 3 N–H and O–H groups in total. The van der Waals surface area contributed by atoms with Crippen LogP contribution < -0.4 is 16.0 Å². The summed E-state index contributed by atoms with van der Waals surface area (Å²) >= 11 is 0. The third kappa shape index (κ3) is 2.71. The standard InChI is InChI=1S/C17H25N3O/c1-2-19-17(21)13-7-8-14(18)16(11-13)20-10-9-12-5-3-4-6-15(12)20/h7-8,11-12,15H,2-6,9-10,18H2,1H3,(H,19,21). The smallest absolute Gasteiger partial charge is 0.251 e. The topological polar surface area (TPSA) is 58.4 Å². The maximum Gasteiger partial charge on any atom is 0.251 e. The Kier molecular flexibility index (Phi) is 4.04. The molecule has 1 aromatic carbocycles. The molecule has 0 spiro atoms. The minimum atomic E-state index is -0.0156. The Balaban J connectivity index is 1.87. The number of nitrogens with one attached hydrogen (secondary N) is 1. The van der Waals surface area contributed by atoms with Gasteiger partial charge in [0.1, 0.15) is 0 Å². The van der Waals surface area contributed by atoms with E-state index in [0.29, 0.717) is 18.2 Å². The van der Waals surface area contributed by atoms with Crippen LogP contribution >= 0.6 is 0 Å². The number of rotatable bonds is 3. The van der Waals surface area contributed by atoms with Gasteiger partial charge >= 0.3 is 0 Å². The maximum atomic E-state index is 12.0. The summed E-state index contributed by atoms with van der Waals surface area (Å²) in [6, 6.07) is 6.27. The molecule has 114 valence electrons. The number of anilines is 2. The largest absolute Gasteiger partial charge is 0.397 e. The fourth-order valence-electron chi connectivity index (χ4n) is 3.90. The molecule has 1 aromatic rings. The van der Waals surface area contributed by atoms with Crippen LogP contribution in [0.25, 0.3) is 0 Å². The van der Waals surface area contributed by atoms with E-state index in [9.17, 15) is 4.79 Å². The molecule has 2 aliphatic rings. The molecule has 2 fully saturated rings. The van der Waals surface area contributed by atoms with E-state index in [1.807, 2.05) is 25.1 Å². The molecule has 2 unspecified atom stereocenters. The van der Waals surface area contributed by atoms with Crippen molar-refractivity contribution in [2.24, 2.45) is 5.92 Å². The van der Waals surface area contributed by atoms with Crippen LogP contribution in [-0.4, -0.2) is 25.0 Å². The highest BCUT2D eigenvalue weighted by atomic mass is 16.1. The normalized spacial score (nSPS) is 24.7. The van der Waals surface area contributed by atoms with Crippen molar-refractivity contribution in [3.63, 3.8) is 0 Å². The first-order valence-electron chi connectivity index (χ1n) is 8.15. The highest BCUT2D eigenvalue weighted by Crippen LogP contribution is 2.40. The van der Waals surface area contributed by atoms with Crippen LogP contribution in [0.4, 0.5) is 11.4 Å². The number of nitrogens with zero attached hydrogens (tertiary/aromatic N) is 1. The average Bonchev–Trinajstić information content (AvgIpc) is 2.92. The molecule has 4 nitrogen and oxygen atoms in total. The van der Waals surface area contributed by atoms with Gasteiger partial charge < -0.3 is 16.0 Å². The first kappa shape index (κ1) is 14.2. The summed E-state index contributed by atoms with van der Waals surface area (Å²) in [5.41, 5.74) is 8.74. The lowest BCUT2D eigenvalue weighted by atomic mass is 9.85. The number of carbonyl (C=O) groups excluding carboxylic acids is 1. The van der Waals surface area contributed by atoms with Crippen LogP contribution in [0.1, 0.15) is 49.4 Å². The molecular formula is C17H25N3O. The second-order valence-corrected chi connectivity index (χ2v) is 6.23. The van der Waals surface area contributed by atoms with Crippen LogP contribution in [0.5, 0.6) is 0 Å². The average molecular weight is 287 g/mol. The second-order valence-electron chi connectivity index (χ2n) is 6.23. The molecular weight excluding hydrogens is 262 g/mol. The van der Waals surface area contributed by atoms with E-state index < -0.39 is 0 Å². The second kappa shape index (κ2) is 5.96. The highest BCUT2D eigenvalue weighted by Gasteiger charge is 2.36. The molecule has 0 aromatic heterocycles. The third-order valence-electron chi connectivity index (χ3n) is 4.95. The van der Waals surface area contributed by atoms with E-state index >= 15 is 0 Å². The Bertz CT molecular complexity index is 529. The van der Waals surface area contributed by atoms with Crippen LogP contribution in [0.15, 0.2) is 18.2 Å². The van der Waals surface area contributed by atoms with Gasteiger partial charge in [-0.3, -0.25) is 4.79 Å². The van der Waals surface area contributed by atoms with E-state index in [-0.39, 0.29) is 5.91 Å². The van der Waals surface area contributed by atoms with Gasteiger partial charge in [-0.15, -0.1) is 0 Å². The molecule has 1 saturated carbocycles. The van der Waals surface area contributed by atoms with Crippen LogP contribution in [0.2, 0.25) is 0 Å². The quantitative estimate of drug-likeness (QED) is 0.840. The lowest BCUT2D eigenvalue weighted by molar-refractivity contribution is 0.0956. The number of fused-ring (bicyclic) bond motifs is 1. The lowest BCUT2D eigenvalue weighted by Gasteiger charge is -2.34. The Morgan fingerprint density at radius 2 is 2.14 bits per heavy atom. The summed E-state index contributed by atoms with van der Waals surface area (Å²) in [6.07, 6.45) is 6.54. The third-order valence-corrected chi connectivity index (χ3v) is 4.95. The van der Waals surface area contributed by atoms with Gasteiger partial charge in [0.25, 0.3) is 5.91 Å². The first-order chi connectivity index (χ1) is 10.2. The van der Waals surface area contributed by atoms with Crippen molar-refractivity contribution in [2.45, 2.75) is 45.1 Å². The van der Waals surface area contributed by atoms with Gasteiger partial charge in [-0.25, -0.2) is 0 Å². The van der Waals surface area contributed by atoms with Gasteiger partial charge in [0.05, 0.1) is 11.4 Å². The van der Waals surface area contributed by atoms with Crippen molar-refractivity contribution in [1.82, 2.24) is 5.32 Å². The Hall–Kier alpha value is -1.71. The van der Waals surface area contributed by atoms with Crippen LogP contribution in [0.3, 0.4) is 0 Å². The van der Waals surface area contributed by atoms with Crippen molar-refractivity contribution in [1.29, 1.82) is 0 Å². The van der Waals surface area contributed by atoms with E-state index in [1.165, 1.54) is 32.1 Å². The molecule has 0 radical (unpaired) electrons. The minimum Gasteiger partial charge on any atom is -0.397 e. The minimum absolute atomic E-state index is 0.0156. The first-order valence-corrected chi connectivity index (χ1v) is 8.15. The van der Waals surface area contributed by atoms with Crippen molar-refractivity contribution < 1.29 is 4.79 Å². The summed E-state index contributed by atoms with van der Waals surface area (Å²) in [5.74, 6) is 0.796. The summed E-state index contributed by atoms with van der Waals surface area (Å²) in [4.78, 5) is 14.5. The van der Waals surface area contributed by atoms with Gasteiger partial charge in [0.15, 0.2) is 0 Å². The molecule has 3 rings (SSSR count). The number of carbonyl (C=O) groups is 1. The summed E-state index contributed by atoms with van der Waals surface area (Å²) in [5, 5.41) is 2.86.